The second-order valence-corrected chi connectivity index (χ2v) is 8.21. The Morgan fingerprint density at radius 3 is 2.56 bits per heavy atom. The van der Waals surface area contributed by atoms with Crippen LogP contribution in [0, 0.1) is 0 Å². The van der Waals surface area contributed by atoms with Gasteiger partial charge in [-0.15, -0.1) is 24.0 Å². The average molecular weight is 575 g/mol. The summed E-state index contributed by atoms with van der Waals surface area (Å²) in [5.41, 5.74) is 2.29. The summed E-state index contributed by atoms with van der Waals surface area (Å²) in [6.45, 7) is 1.94. The monoisotopic (exact) mass is 575 g/mol. The first-order valence-corrected chi connectivity index (χ1v) is 11.6. The van der Waals surface area contributed by atoms with E-state index in [1.165, 1.54) is 18.4 Å². The molecule has 7 nitrogen and oxygen atoms in total. The number of halogens is 1. The lowest BCUT2D eigenvalue weighted by molar-refractivity contribution is 0.198. The van der Waals surface area contributed by atoms with E-state index in [2.05, 4.69) is 55.5 Å². The standard InChI is InChI=1S/C26H33N5O2.HI/c1-27-26(30-18-24-28-15-16-31(24)19-20-9-4-3-5-10-20)29-17-21-11-8-14-23(32-2)25(21)33-22-12-6-7-13-22;/h3-5,8-11,14-16,22H,6-7,12-13,17-19H2,1-2H3,(H2,27,29,30);1H. The van der Waals surface area contributed by atoms with Crippen LogP contribution in [0.4, 0.5) is 0 Å². The van der Waals surface area contributed by atoms with Crippen LogP contribution in [0.25, 0.3) is 0 Å². The van der Waals surface area contributed by atoms with E-state index < -0.39 is 0 Å². The van der Waals surface area contributed by atoms with Crippen molar-refractivity contribution in [2.45, 2.75) is 51.4 Å². The topological polar surface area (TPSA) is 72.7 Å². The van der Waals surface area contributed by atoms with Gasteiger partial charge in [-0.2, -0.15) is 0 Å². The van der Waals surface area contributed by atoms with E-state index in [0.717, 1.165) is 42.3 Å². The molecule has 1 heterocycles. The lowest BCUT2D eigenvalue weighted by Crippen LogP contribution is -2.37. The highest BCUT2D eigenvalue weighted by Gasteiger charge is 2.20. The van der Waals surface area contributed by atoms with E-state index in [1.54, 1.807) is 14.2 Å². The zero-order chi connectivity index (χ0) is 22.9. The number of guanidine groups is 1. The normalized spacial score (nSPS) is 13.9. The highest BCUT2D eigenvalue weighted by atomic mass is 127. The molecule has 0 bridgehead atoms. The number of ether oxygens (including phenoxy) is 2. The predicted molar refractivity (Wildman–Crippen MR) is 146 cm³/mol. The lowest BCUT2D eigenvalue weighted by atomic mass is 10.1. The molecule has 0 unspecified atom stereocenters. The van der Waals surface area contributed by atoms with Gasteiger partial charge in [0.15, 0.2) is 17.5 Å². The number of hydrogen-bond acceptors (Lipinski definition) is 4. The summed E-state index contributed by atoms with van der Waals surface area (Å²) in [6, 6.07) is 16.4. The molecule has 0 aliphatic heterocycles. The van der Waals surface area contributed by atoms with E-state index in [1.807, 2.05) is 30.6 Å². The smallest absolute Gasteiger partial charge is 0.191 e. The van der Waals surface area contributed by atoms with Gasteiger partial charge in [0, 0.05) is 38.1 Å². The molecule has 2 N–H and O–H groups in total. The van der Waals surface area contributed by atoms with E-state index in [4.69, 9.17) is 9.47 Å². The van der Waals surface area contributed by atoms with E-state index in [-0.39, 0.29) is 30.1 Å². The van der Waals surface area contributed by atoms with Crippen molar-refractivity contribution in [3.8, 4) is 11.5 Å². The fourth-order valence-electron chi connectivity index (χ4n) is 4.16. The highest BCUT2D eigenvalue weighted by molar-refractivity contribution is 14.0. The first-order valence-electron chi connectivity index (χ1n) is 11.6. The Bertz CT molecular complexity index is 1050. The van der Waals surface area contributed by atoms with Crippen LogP contribution in [-0.4, -0.2) is 35.8 Å². The first-order chi connectivity index (χ1) is 16.3. The fraction of sp³-hybridized carbons (Fsp3) is 0.385. The average Bonchev–Trinajstić information content (AvgIpc) is 3.53. The van der Waals surface area contributed by atoms with Gasteiger partial charge in [0.1, 0.15) is 5.82 Å². The van der Waals surface area contributed by atoms with Crippen LogP contribution in [0.2, 0.25) is 0 Å². The molecule has 182 valence electrons. The van der Waals surface area contributed by atoms with Gasteiger partial charge in [0.05, 0.1) is 19.8 Å². The van der Waals surface area contributed by atoms with E-state index >= 15 is 0 Å². The molecule has 1 saturated carbocycles. The number of para-hydroxylation sites is 1. The molecule has 1 aromatic heterocycles. The molecule has 3 aromatic rings. The van der Waals surface area contributed by atoms with Gasteiger partial charge >= 0.3 is 0 Å². The minimum Gasteiger partial charge on any atom is -0.493 e. The zero-order valence-corrected chi connectivity index (χ0v) is 22.2. The van der Waals surface area contributed by atoms with Crippen LogP contribution in [-0.2, 0) is 19.6 Å². The maximum atomic E-state index is 6.35. The highest BCUT2D eigenvalue weighted by Crippen LogP contribution is 2.34. The van der Waals surface area contributed by atoms with Gasteiger partial charge in [-0.3, -0.25) is 4.99 Å². The molecule has 0 amide bonds. The number of nitrogens with zero attached hydrogens (tertiary/aromatic N) is 3. The molecular weight excluding hydrogens is 541 g/mol. The third-order valence-electron chi connectivity index (χ3n) is 5.95. The maximum Gasteiger partial charge on any atom is 0.191 e. The number of nitrogens with one attached hydrogen (secondary N) is 2. The predicted octanol–water partition coefficient (Wildman–Crippen LogP) is 4.74. The Labute approximate surface area is 219 Å². The summed E-state index contributed by atoms with van der Waals surface area (Å²) in [5.74, 6) is 3.26. The molecule has 34 heavy (non-hydrogen) atoms. The van der Waals surface area contributed by atoms with Crippen LogP contribution in [0.3, 0.4) is 0 Å². The van der Waals surface area contributed by atoms with Crippen molar-refractivity contribution < 1.29 is 9.47 Å². The van der Waals surface area contributed by atoms with E-state index in [9.17, 15) is 0 Å². The van der Waals surface area contributed by atoms with Crippen LogP contribution in [0.5, 0.6) is 11.5 Å². The zero-order valence-electron chi connectivity index (χ0n) is 19.9. The fourth-order valence-corrected chi connectivity index (χ4v) is 4.16. The summed E-state index contributed by atoms with van der Waals surface area (Å²) < 4.78 is 14.1. The molecular formula is C26H34IN5O2. The second kappa shape index (κ2) is 13.2. The number of aromatic nitrogens is 2. The molecule has 1 aliphatic carbocycles. The molecule has 2 aromatic carbocycles. The maximum absolute atomic E-state index is 6.35. The summed E-state index contributed by atoms with van der Waals surface area (Å²) in [5, 5.41) is 6.77. The van der Waals surface area contributed by atoms with Gasteiger partial charge in [-0.25, -0.2) is 4.98 Å². The van der Waals surface area contributed by atoms with Gasteiger partial charge in [-0.05, 0) is 37.3 Å². The van der Waals surface area contributed by atoms with Crippen molar-refractivity contribution in [3.63, 3.8) is 0 Å². The molecule has 1 fully saturated rings. The van der Waals surface area contributed by atoms with Crippen LogP contribution < -0.4 is 20.1 Å². The van der Waals surface area contributed by atoms with Crippen LogP contribution in [0.1, 0.15) is 42.6 Å². The minimum absolute atomic E-state index is 0. The van der Waals surface area contributed by atoms with Crippen LogP contribution >= 0.6 is 24.0 Å². The second-order valence-electron chi connectivity index (χ2n) is 8.21. The Balaban J connectivity index is 0.00000324. The number of benzene rings is 2. The Morgan fingerprint density at radius 2 is 1.82 bits per heavy atom. The van der Waals surface area contributed by atoms with Gasteiger partial charge < -0.3 is 24.7 Å². The van der Waals surface area contributed by atoms with Crippen molar-refractivity contribution >= 4 is 29.9 Å². The summed E-state index contributed by atoms with van der Waals surface area (Å²) in [6.07, 6.45) is 8.75. The SMILES string of the molecule is CN=C(NCc1cccc(OC)c1OC1CCCC1)NCc1nccn1Cc1ccccc1.I. The Morgan fingerprint density at radius 1 is 1.06 bits per heavy atom. The van der Waals surface area contributed by atoms with Crippen molar-refractivity contribution in [1.82, 2.24) is 20.2 Å². The Kier molecular flexibility index (Phi) is 10.1. The van der Waals surface area contributed by atoms with Gasteiger partial charge in [0.2, 0.25) is 0 Å². The molecule has 0 atom stereocenters. The molecule has 0 spiro atoms. The molecule has 4 rings (SSSR count). The van der Waals surface area contributed by atoms with Crippen molar-refractivity contribution in [3.05, 3.63) is 77.9 Å². The molecule has 0 saturated heterocycles. The molecule has 0 radical (unpaired) electrons. The van der Waals surface area contributed by atoms with E-state index in [0.29, 0.717) is 19.0 Å². The summed E-state index contributed by atoms with van der Waals surface area (Å²) in [4.78, 5) is 8.89. The summed E-state index contributed by atoms with van der Waals surface area (Å²) in [7, 11) is 3.46. The number of imidazole rings is 1. The third kappa shape index (κ3) is 6.88. The number of methoxy groups -OCH3 is 1. The van der Waals surface area contributed by atoms with Crippen LogP contribution in [0.15, 0.2) is 65.9 Å². The number of hydrogen-bond donors (Lipinski definition) is 2. The summed E-state index contributed by atoms with van der Waals surface area (Å²) >= 11 is 0. The largest absolute Gasteiger partial charge is 0.493 e. The number of aliphatic imine (C=N–C) groups is 1. The van der Waals surface area contributed by atoms with Crippen molar-refractivity contribution in [2.75, 3.05) is 14.2 Å². The third-order valence-corrected chi connectivity index (χ3v) is 5.95. The number of rotatable bonds is 9. The lowest BCUT2D eigenvalue weighted by Gasteiger charge is -2.20. The minimum atomic E-state index is 0. The quantitative estimate of drug-likeness (QED) is 0.219. The molecule has 1 aliphatic rings. The van der Waals surface area contributed by atoms with Gasteiger partial charge in [0.25, 0.3) is 0 Å². The van der Waals surface area contributed by atoms with Crippen molar-refractivity contribution in [2.24, 2.45) is 4.99 Å². The van der Waals surface area contributed by atoms with Gasteiger partial charge in [-0.1, -0.05) is 42.5 Å². The van der Waals surface area contributed by atoms with Crippen molar-refractivity contribution in [1.29, 1.82) is 0 Å². The first kappa shape index (κ1) is 25.9. The molecule has 8 heteroatoms. The Hall–Kier alpha value is -2.75.